The van der Waals surface area contributed by atoms with Crippen LogP contribution < -0.4 is 0 Å². The van der Waals surface area contributed by atoms with Crippen molar-refractivity contribution in [2.45, 2.75) is 97.8 Å². The fourth-order valence-electron chi connectivity index (χ4n) is 4.01. The van der Waals surface area contributed by atoms with Gasteiger partial charge in [0.15, 0.2) is 0 Å². The van der Waals surface area contributed by atoms with E-state index < -0.39 is 0 Å². The maximum atomic E-state index is 2.39. The third kappa shape index (κ3) is 4.48. The summed E-state index contributed by atoms with van der Waals surface area (Å²) in [6, 6.07) is 16.2. The average Bonchev–Trinajstić information content (AvgIpc) is 2.52. The molecule has 0 radical (unpaired) electrons. The second kappa shape index (κ2) is 6.80. The smallest absolute Gasteiger partial charge is 0.0152 e. The van der Waals surface area contributed by atoms with Gasteiger partial charge in [0.25, 0.3) is 0 Å². The lowest BCUT2D eigenvalue weighted by atomic mass is 9.65. The number of hydrogen-bond acceptors (Lipinski definition) is 0. The summed E-state index contributed by atoms with van der Waals surface area (Å²) in [6.07, 6.45) is 0. The summed E-state index contributed by atoms with van der Waals surface area (Å²) in [6.45, 7) is 25.6. The Labute approximate surface area is 168 Å². The molecule has 0 fully saturated rings. The molecule has 0 spiro atoms. The first kappa shape index (κ1) is 21.7. The van der Waals surface area contributed by atoms with Crippen molar-refractivity contribution in [3.8, 4) is 0 Å². The molecule has 2 rings (SSSR count). The van der Waals surface area contributed by atoms with E-state index in [0.717, 1.165) is 0 Å². The molecule has 0 N–H and O–H groups in total. The van der Waals surface area contributed by atoms with Gasteiger partial charge in [0.2, 0.25) is 0 Å². The van der Waals surface area contributed by atoms with Crippen LogP contribution in [0.15, 0.2) is 42.5 Å². The van der Waals surface area contributed by atoms with Gasteiger partial charge < -0.3 is 0 Å². The zero-order valence-electron chi connectivity index (χ0n) is 19.5. The highest BCUT2D eigenvalue weighted by molar-refractivity contribution is 5.52. The van der Waals surface area contributed by atoms with Crippen molar-refractivity contribution < 1.29 is 0 Å². The molecule has 148 valence electrons. The molecule has 0 saturated carbocycles. The maximum absolute atomic E-state index is 2.39. The van der Waals surface area contributed by atoms with E-state index in [2.05, 4.69) is 119 Å². The Morgan fingerprint density at radius 1 is 0.444 bits per heavy atom. The van der Waals surface area contributed by atoms with Crippen molar-refractivity contribution in [2.75, 3.05) is 0 Å². The topological polar surface area (TPSA) is 0 Å². The molecule has 0 aliphatic rings. The van der Waals surface area contributed by atoms with Crippen molar-refractivity contribution in [3.05, 3.63) is 70.3 Å². The molecule has 0 aliphatic carbocycles. The zero-order chi connectivity index (χ0) is 20.8. The van der Waals surface area contributed by atoms with Crippen molar-refractivity contribution in [1.82, 2.24) is 0 Å². The lowest BCUT2D eigenvalue weighted by molar-refractivity contribution is 0.514. The predicted molar refractivity (Wildman–Crippen MR) is 121 cm³/mol. The van der Waals surface area contributed by atoms with E-state index in [4.69, 9.17) is 0 Å². The molecule has 0 saturated heterocycles. The molecule has 0 heterocycles. The first-order valence-corrected chi connectivity index (χ1v) is 10.3. The quantitative estimate of drug-likeness (QED) is 0.508. The van der Waals surface area contributed by atoms with E-state index in [1.54, 1.807) is 0 Å². The van der Waals surface area contributed by atoms with Crippen LogP contribution in [-0.4, -0.2) is 0 Å². The zero-order valence-corrected chi connectivity index (χ0v) is 19.5. The van der Waals surface area contributed by atoms with E-state index in [0.29, 0.717) is 0 Å². The third-order valence-electron chi connectivity index (χ3n) is 5.78. The van der Waals surface area contributed by atoms with Crippen LogP contribution in [0.2, 0.25) is 0 Å². The van der Waals surface area contributed by atoms with Gasteiger partial charge in [-0.25, -0.2) is 0 Å². The Hall–Kier alpha value is -1.56. The maximum Gasteiger partial charge on any atom is 0.0152 e. The second-order valence-corrected chi connectivity index (χ2v) is 11.7. The normalized spacial score (nSPS) is 13.7. The van der Waals surface area contributed by atoms with Gasteiger partial charge in [0.05, 0.1) is 0 Å². The minimum absolute atomic E-state index is 0.0527. The van der Waals surface area contributed by atoms with Crippen LogP contribution in [0.4, 0.5) is 0 Å². The van der Waals surface area contributed by atoms with Gasteiger partial charge in [-0.1, -0.05) is 119 Å². The van der Waals surface area contributed by atoms with Crippen LogP contribution >= 0.6 is 0 Å². The number of rotatable bonds is 2. The molecule has 0 bridgehead atoms. The van der Waals surface area contributed by atoms with Crippen molar-refractivity contribution in [1.29, 1.82) is 0 Å². The minimum atomic E-state index is -0.0527. The van der Waals surface area contributed by atoms with Crippen LogP contribution in [0.25, 0.3) is 0 Å². The third-order valence-corrected chi connectivity index (χ3v) is 5.78. The number of benzene rings is 2. The molecule has 0 unspecified atom stereocenters. The Morgan fingerprint density at radius 3 is 1.15 bits per heavy atom. The summed E-state index contributed by atoms with van der Waals surface area (Å²) in [4.78, 5) is 0. The first-order valence-electron chi connectivity index (χ1n) is 10.3. The summed E-state index contributed by atoms with van der Waals surface area (Å²) < 4.78 is 0. The fraction of sp³-hybridized carbons (Fsp3) is 0.556. The van der Waals surface area contributed by atoms with E-state index in [9.17, 15) is 0 Å². The predicted octanol–water partition coefficient (Wildman–Crippen LogP) is 7.91. The van der Waals surface area contributed by atoms with E-state index in [1.165, 1.54) is 27.8 Å². The highest BCUT2D eigenvalue weighted by Crippen LogP contribution is 2.44. The molecule has 0 aliphatic heterocycles. The van der Waals surface area contributed by atoms with Crippen LogP contribution in [0, 0.1) is 0 Å². The molecule has 0 heteroatoms. The van der Waals surface area contributed by atoms with Gasteiger partial charge in [-0.05, 0) is 44.1 Å². The molecule has 0 amide bonds. The lowest BCUT2D eigenvalue weighted by Crippen LogP contribution is -2.30. The van der Waals surface area contributed by atoms with E-state index in [1.807, 2.05) is 0 Å². The summed E-state index contributed by atoms with van der Waals surface area (Å²) in [5.41, 5.74) is 7.54. The molecular weight excluding hydrogens is 324 g/mol. The lowest BCUT2D eigenvalue weighted by Gasteiger charge is -2.38. The van der Waals surface area contributed by atoms with Crippen LogP contribution in [0.3, 0.4) is 0 Å². The van der Waals surface area contributed by atoms with Gasteiger partial charge in [-0.2, -0.15) is 0 Å². The molecule has 0 aromatic heterocycles. The van der Waals surface area contributed by atoms with Gasteiger partial charge in [0, 0.05) is 5.41 Å². The molecule has 27 heavy (non-hydrogen) atoms. The Morgan fingerprint density at radius 2 is 0.815 bits per heavy atom. The van der Waals surface area contributed by atoms with Crippen LogP contribution in [-0.2, 0) is 21.7 Å². The van der Waals surface area contributed by atoms with Crippen molar-refractivity contribution >= 4 is 0 Å². The SMILES string of the molecule is CC(C)(C)c1ccc(C(C)(C)c2c(C(C)(C)C)cccc2C(C)(C)C)cc1. The van der Waals surface area contributed by atoms with Gasteiger partial charge in [-0.3, -0.25) is 0 Å². The minimum Gasteiger partial charge on any atom is -0.0617 e. The molecular formula is C27H40. The Kier molecular flexibility index (Phi) is 5.47. The Balaban J connectivity index is 2.74. The summed E-state index contributed by atoms with van der Waals surface area (Å²) in [7, 11) is 0. The van der Waals surface area contributed by atoms with Crippen LogP contribution in [0.1, 0.15) is 104 Å². The van der Waals surface area contributed by atoms with Gasteiger partial charge in [0.1, 0.15) is 0 Å². The number of hydrogen-bond donors (Lipinski definition) is 0. The summed E-state index contributed by atoms with van der Waals surface area (Å²) in [5, 5.41) is 0. The largest absolute Gasteiger partial charge is 0.0617 e. The fourth-order valence-corrected chi connectivity index (χ4v) is 4.01. The van der Waals surface area contributed by atoms with Crippen molar-refractivity contribution in [2.24, 2.45) is 0 Å². The van der Waals surface area contributed by atoms with Crippen molar-refractivity contribution in [3.63, 3.8) is 0 Å². The van der Waals surface area contributed by atoms with E-state index in [-0.39, 0.29) is 21.7 Å². The van der Waals surface area contributed by atoms with Gasteiger partial charge >= 0.3 is 0 Å². The van der Waals surface area contributed by atoms with Crippen LogP contribution in [0.5, 0.6) is 0 Å². The highest BCUT2D eigenvalue weighted by atomic mass is 14.4. The molecule has 2 aromatic rings. The highest BCUT2D eigenvalue weighted by Gasteiger charge is 2.35. The second-order valence-electron chi connectivity index (χ2n) is 11.7. The molecule has 2 aromatic carbocycles. The van der Waals surface area contributed by atoms with E-state index >= 15 is 0 Å². The average molecular weight is 365 g/mol. The Bertz CT molecular complexity index is 750. The summed E-state index contributed by atoms with van der Waals surface area (Å²) in [5.74, 6) is 0. The monoisotopic (exact) mass is 364 g/mol. The molecule has 0 nitrogen and oxygen atoms in total. The standard InChI is InChI=1S/C27H40/c1-24(2,3)19-15-17-20(18-16-19)27(10,11)23-21(25(4,5)6)13-12-14-22(23)26(7,8)9/h12-18H,1-11H3. The first-order chi connectivity index (χ1) is 12.1. The summed E-state index contributed by atoms with van der Waals surface area (Å²) >= 11 is 0. The molecule has 0 atom stereocenters. The van der Waals surface area contributed by atoms with Gasteiger partial charge in [-0.15, -0.1) is 0 Å².